The topological polar surface area (TPSA) is 71.3 Å². The van der Waals surface area contributed by atoms with Gasteiger partial charge in [0, 0.05) is 31.5 Å². The first-order chi connectivity index (χ1) is 16.5. The summed E-state index contributed by atoms with van der Waals surface area (Å²) >= 11 is 12.3. The van der Waals surface area contributed by atoms with Crippen molar-refractivity contribution in [1.82, 2.24) is 20.2 Å². The van der Waals surface area contributed by atoms with Gasteiger partial charge in [-0.25, -0.2) is 4.98 Å². The van der Waals surface area contributed by atoms with Crippen molar-refractivity contribution in [3.8, 4) is 0 Å². The normalized spacial score (nSPS) is 12.0. The summed E-state index contributed by atoms with van der Waals surface area (Å²) in [4.78, 5) is 23.2. The molecule has 4 aromatic rings. The number of rotatable bonds is 9. The van der Waals surface area contributed by atoms with E-state index in [0.717, 1.165) is 16.7 Å². The molecule has 6 nitrogen and oxygen atoms in total. The van der Waals surface area contributed by atoms with Crippen LogP contribution >= 0.6 is 23.2 Å². The van der Waals surface area contributed by atoms with Gasteiger partial charge in [-0.2, -0.15) is 0 Å². The summed E-state index contributed by atoms with van der Waals surface area (Å²) in [5.41, 5.74) is 3.31. The SMILES string of the molecule is C[C@@H](c1ccccc1)N(Cc1ccc(Cl)c(Cl)c1)Cc1nc(C(=O)NCc2cccnc2)co1. The van der Waals surface area contributed by atoms with Gasteiger partial charge in [-0.15, -0.1) is 0 Å². The van der Waals surface area contributed by atoms with E-state index in [0.29, 0.717) is 35.6 Å². The fourth-order valence-corrected chi connectivity index (χ4v) is 3.90. The van der Waals surface area contributed by atoms with Crippen LogP contribution < -0.4 is 5.32 Å². The molecule has 0 unspecified atom stereocenters. The van der Waals surface area contributed by atoms with Gasteiger partial charge in [-0.05, 0) is 41.8 Å². The van der Waals surface area contributed by atoms with Gasteiger partial charge < -0.3 is 9.73 Å². The molecule has 0 aliphatic heterocycles. The fourth-order valence-electron chi connectivity index (χ4n) is 3.58. The summed E-state index contributed by atoms with van der Waals surface area (Å²) < 4.78 is 5.66. The molecule has 1 amide bonds. The predicted molar refractivity (Wildman–Crippen MR) is 132 cm³/mol. The number of hydrogen-bond acceptors (Lipinski definition) is 5. The molecule has 0 saturated heterocycles. The number of benzene rings is 2. The first-order valence-corrected chi connectivity index (χ1v) is 11.6. The summed E-state index contributed by atoms with van der Waals surface area (Å²) in [7, 11) is 0. The van der Waals surface area contributed by atoms with Crippen LogP contribution in [0.3, 0.4) is 0 Å². The molecule has 0 bridgehead atoms. The maximum Gasteiger partial charge on any atom is 0.273 e. The second-order valence-electron chi connectivity index (χ2n) is 7.91. The number of pyridine rings is 1. The van der Waals surface area contributed by atoms with E-state index in [1.54, 1.807) is 18.5 Å². The number of hydrogen-bond donors (Lipinski definition) is 1. The molecule has 0 aliphatic rings. The molecule has 0 spiro atoms. The Balaban J connectivity index is 1.49. The number of nitrogens with zero attached hydrogens (tertiary/aromatic N) is 3. The Morgan fingerprint density at radius 2 is 1.85 bits per heavy atom. The van der Waals surface area contributed by atoms with E-state index in [4.69, 9.17) is 27.6 Å². The molecule has 0 radical (unpaired) electrons. The molecule has 8 heteroatoms. The third-order valence-electron chi connectivity index (χ3n) is 5.50. The van der Waals surface area contributed by atoms with Crippen molar-refractivity contribution in [3.63, 3.8) is 0 Å². The zero-order chi connectivity index (χ0) is 23.9. The highest BCUT2D eigenvalue weighted by Gasteiger charge is 2.21. The van der Waals surface area contributed by atoms with Crippen molar-refractivity contribution in [2.75, 3.05) is 0 Å². The zero-order valence-corrected chi connectivity index (χ0v) is 20.1. The quantitative estimate of drug-likeness (QED) is 0.305. The Kier molecular flexibility index (Phi) is 7.95. The third kappa shape index (κ3) is 6.23. The van der Waals surface area contributed by atoms with Crippen LogP contribution in [0.15, 0.2) is 83.7 Å². The molecule has 2 aromatic carbocycles. The fraction of sp³-hybridized carbons (Fsp3) is 0.192. The lowest BCUT2D eigenvalue weighted by atomic mass is 10.1. The number of carbonyl (C=O) groups excluding carboxylic acids is 1. The lowest BCUT2D eigenvalue weighted by molar-refractivity contribution is 0.0945. The van der Waals surface area contributed by atoms with Crippen LogP contribution in [0.4, 0.5) is 0 Å². The van der Waals surface area contributed by atoms with E-state index in [-0.39, 0.29) is 17.6 Å². The van der Waals surface area contributed by atoms with Crippen LogP contribution in [-0.4, -0.2) is 20.8 Å². The average molecular weight is 495 g/mol. The van der Waals surface area contributed by atoms with Gasteiger partial charge in [-0.3, -0.25) is 14.7 Å². The standard InChI is InChI=1S/C26H24Cl2N4O2/c1-18(21-7-3-2-4-8-21)32(15-19-9-10-22(27)23(28)12-19)16-25-31-24(17-34-25)26(33)30-14-20-6-5-11-29-13-20/h2-13,17-18H,14-16H2,1H3,(H,30,33)/t18-/m0/s1. The maximum atomic E-state index is 12.5. The number of oxazole rings is 1. The molecule has 0 aliphatic carbocycles. The molecule has 0 fully saturated rings. The molecule has 4 rings (SSSR count). The van der Waals surface area contributed by atoms with Gasteiger partial charge in [0.05, 0.1) is 16.6 Å². The van der Waals surface area contributed by atoms with Crippen molar-refractivity contribution < 1.29 is 9.21 Å². The van der Waals surface area contributed by atoms with E-state index in [1.165, 1.54) is 6.26 Å². The largest absolute Gasteiger partial charge is 0.447 e. The van der Waals surface area contributed by atoms with E-state index < -0.39 is 0 Å². The minimum atomic E-state index is -0.300. The van der Waals surface area contributed by atoms with Crippen LogP contribution in [0.2, 0.25) is 10.0 Å². The number of carbonyl (C=O) groups is 1. The average Bonchev–Trinajstić information content (AvgIpc) is 3.34. The molecule has 2 heterocycles. The van der Waals surface area contributed by atoms with Crippen LogP contribution in [0, 0.1) is 0 Å². The molecular weight excluding hydrogens is 471 g/mol. The number of aromatic nitrogens is 2. The Morgan fingerprint density at radius 3 is 2.59 bits per heavy atom. The third-order valence-corrected chi connectivity index (χ3v) is 6.24. The summed E-state index contributed by atoms with van der Waals surface area (Å²) in [5.74, 6) is 0.153. The van der Waals surface area contributed by atoms with Crippen molar-refractivity contribution in [2.45, 2.75) is 32.6 Å². The molecule has 0 saturated carbocycles. The van der Waals surface area contributed by atoms with E-state index in [1.807, 2.05) is 42.5 Å². The smallest absolute Gasteiger partial charge is 0.273 e. The van der Waals surface area contributed by atoms with E-state index >= 15 is 0 Å². The van der Waals surface area contributed by atoms with Gasteiger partial charge >= 0.3 is 0 Å². The first kappa shape index (κ1) is 24.0. The predicted octanol–water partition coefficient (Wildman–Crippen LogP) is 6.07. The van der Waals surface area contributed by atoms with Gasteiger partial charge in [0.15, 0.2) is 5.69 Å². The Labute approximate surface area is 208 Å². The Hall–Kier alpha value is -3.19. The summed E-state index contributed by atoms with van der Waals surface area (Å²) in [6.45, 7) is 3.49. The first-order valence-electron chi connectivity index (χ1n) is 10.8. The highest BCUT2D eigenvalue weighted by Crippen LogP contribution is 2.27. The minimum Gasteiger partial charge on any atom is -0.447 e. The van der Waals surface area contributed by atoms with Crippen molar-refractivity contribution in [1.29, 1.82) is 0 Å². The highest BCUT2D eigenvalue weighted by atomic mass is 35.5. The molecule has 174 valence electrons. The van der Waals surface area contributed by atoms with Crippen molar-refractivity contribution >= 4 is 29.1 Å². The molecule has 34 heavy (non-hydrogen) atoms. The number of halogens is 2. The zero-order valence-electron chi connectivity index (χ0n) is 18.6. The summed E-state index contributed by atoms with van der Waals surface area (Å²) in [6, 6.07) is 19.6. The monoisotopic (exact) mass is 494 g/mol. The molecule has 1 atom stereocenters. The van der Waals surface area contributed by atoms with E-state index in [2.05, 4.69) is 39.2 Å². The van der Waals surface area contributed by atoms with E-state index in [9.17, 15) is 4.79 Å². The van der Waals surface area contributed by atoms with Crippen LogP contribution in [-0.2, 0) is 19.6 Å². The lowest BCUT2D eigenvalue weighted by Gasteiger charge is -2.28. The van der Waals surface area contributed by atoms with Gasteiger partial charge in [-0.1, -0.05) is 65.7 Å². The summed E-state index contributed by atoms with van der Waals surface area (Å²) in [5, 5.41) is 3.87. The molecular formula is C26H24Cl2N4O2. The van der Waals surface area contributed by atoms with Crippen LogP contribution in [0.25, 0.3) is 0 Å². The van der Waals surface area contributed by atoms with Crippen molar-refractivity contribution in [3.05, 3.63) is 118 Å². The second kappa shape index (κ2) is 11.3. The van der Waals surface area contributed by atoms with Crippen LogP contribution in [0.1, 0.15) is 46.0 Å². The highest BCUT2D eigenvalue weighted by molar-refractivity contribution is 6.42. The van der Waals surface area contributed by atoms with Gasteiger partial charge in [0.2, 0.25) is 5.89 Å². The number of nitrogens with one attached hydrogen (secondary N) is 1. The maximum absolute atomic E-state index is 12.5. The number of amides is 1. The minimum absolute atomic E-state index is 0.0606. The molecule has 1 N–H and O–H groups in total. The Morgan fingerprint density at radius 1 is 1.03 bits per heavy atom. The van der Waals surface area contributed by atoms with Gasteiger partial charge in [0.25, 0.3) is 5.91 Å². The Bertz CT molecular complexity index is 1230. The molecule has 2 aromatic heterocycles. The summed E-state index contributed by atoms with van der Waals surface area (Å²) in [6.07, 6.45) is 4.79. The van der Waals surface area contributed by atoms with Gasteiger partial charge in [0.1, 0.15) is 6.26 Å². The van der Waals surface area contributed by atoms with Crippen LogP contribution in [0.5, 0.6) is 0 Å². The van der Waals surface area contributed by atoms with Crippen molar-refractivity contribution in [2.24, 2.45) is 0 Å². The lowest BCUT2D eigenvalue weighted by Crippen LogP contribution is -2.27. The second-order valence-corrected chi connectivity index (χ2v) is 8.72.